The molecule has 0 saturated carbocycles. The Labute approximate surface area is 169 Å². The summed E-state index contributed by atoms with van der Waals surface area (Å²) in [5.74, 6) is 1.74. The molecule has 0 atom stereocenters. The number of aromatic nitrogens is 3. The maximum Gasteiger partial charge on any atom is 0.232 e. The standard InChI is InChI=1S/C21H21ClN6/c1-26-9-11-27(12-10-26)21-25-24-19-14-23-20(15-5-3-2-4-6-15)17-13-16(22)7-8-18(17)28(19)21/h2-8,13H,9-12,14H2,1H3. The summed E-state index contributed by atoms with van der Waals surface area (Å²) in [7, 11) is 2.15. The Hall–Kier alpha value is -2.70. The monoisotopic (exact) mass is 392 g/mol. The van der Waals surface area contributed by atoms with Crippen molar-refractivity contribution in [3.63, 3.8) is 0 Å². The van der Waals surface area contributed by atoms with Gasteiger partial charge in [-0.05, 0) is 25.2 Å². The van der Waals surface area contributed by atoms with Gasteiger partial charge in [0.2, 0.25) is 5.95 Å². The van der Waals surface area contributed by atoms with Gasteiger partial charge in [-0.3, -0.25) is 9.56 Å². The first-order chi connectivity index (χ1) is 13.7. The number of rotatable bonds is 2. The minimum atomic E-state index is 0.483. The van der Waals surface area contributed by atoms with Gasteiger partial charge in [-0.25, -0.2) is 0 Å². The fourth-order valence-corrected chi connectivity index (χ4v) is 4.01. The number of fused-ring (bicyclic) bond motifs is 3. The number of anilines is 1. The Balaban J connectivity index is 1.65. The third-order valence-corrected chi connectivity index (χ3v) is 5.61. The Kier molecular flexibility index (Phi) is 4.37. The summed E-state index contributed by atoms with van der Waals surface area (Å²) in [6, 6.07) is 16.2. The highest BCUT2D eigenvalue weighted by Crippen LogP contribution is 2.31. The molecule has 7 heteroatoms. The Bertz CT molecular complexity index is 1030. The molecule has 0 bridgehead atoms. The Morgan fingerprint density at radius 1 is 0.929 bits per heavy atom. The zero-order chi connectivity index (χ0) is 19.1. The van der Waals surface area contributed by atoms with Crippen LogP contribution in [0.2, 0.25) is 5.02 Å². The maximum absolute atomic E-state index is 6.38. The van der Waals surface area contributed by atoms with Gasteiger partial charge < -0.3 is 9.80 Å². The van der Waals surface area contributed by atoms with Crippen molar-refractivity contribution in [3.8, 4) is 5.69 Å². The summed E-state index contributed by atoms with van der Waals surface area (Å²) < 4.78 is 2.15. The number of halogens is 1. The first-order valence-corrected chi connectivity index (χ1v) is 9.86. The average molecular weight is 393 g/mol. The van der Waals surface area contributed by atoms with Gasteiger partial charge >= 0.3 is 0 Å². The second-order valence-corrected chi connectivity index (χ2v) is 7.67. The molecule has 0 radical (unpaired) electrons. The van der Waals surface area contributed by atoms with Crippen molar-refractivity contribution in [1.29, 1.82) is 0 Å². The van der Waals surface area contributed by atoms with Gasteiger partial charge in [-0.15, -0.1) is 10.2 Å². The fourth-order valence-electron chi connectivity index (χ4n) is 3.84. The summed E-state index contributed by atoms with van der Waals surface area (Å²) in [5, 5.41) is 9.70. The minimum Gasteiger partial charge on any atom is -0.338 e. The molecule has 0 amide bonds. The molecule has 0 aliphatic carbocycles. The van der Waals surface area contributed by atoms with E-state index in [4.69, 9.17) is 16.6 Å². The van der Waals surface area contributed by atoms with Gasteiger partial charge in [0.25, 0.3) is 0 Å². The van der Waals surface area contributed by atoms with E-state index in [1.54, 1.807) is 0 Å². The highest BCUT2D eigenvalue weighted by Gasteiger charge is 2.27. The van der Waals surface area contributed by atoms with Crippen molar-refractivity contribution in [2.45, 2.75) is 6.54 Å². The van der Waals surface area contributed by atoms with Crippen molar-refractivity contribution in [1.82, 2.24) is 19.7 Å². The normalized spacial score (nSPS) is 16.9. The molecule has 2 aromatic carbocycles. The highest BCUT2D eigenvalue weighted by atomic mass is 35.5. The van der Waals surface area contributed by atoms with E-state index >= 15 is 0 Å². The largest absolute Gasteiger partial charge is 0.338 e. The molecule has 1 fully saturated rings. The summed E-state index contributed by atoms with van der Waals surface area (Å²) in [5.41, 5.74) is 4.05. The van der Waals surface area contributed by atoms with E-state index in [1.165, 1.54) is 0 Å². The maximum atomic E-state index is 6.38. The van der Waals surface area contributed by atoms with E-state index in [1.807, 2.05) is 36.4 Å². The molecule has 0 spiro atoms. The first-order valence-electron chi connectivity index (χ1n) is 9.48. The van der Waals surface area contributed by atoms with Crippen LogP contribution in [0.1, 0.15) is 17.0 Å². The van der Waals surface area contributed by atoms with E-state index in [0.717, 1.165) is 60.5 Å². The van der Waals surface area contributed by atoms with Gasteiger partial charge in [0.05, 0.1) is 11.4 Å². The number of piperazine rings is 1. The lowest BCUT2D eigenvalue weighted by atomic mass is 10.0. The number of nitrogens with zero attached hydrogens (tertiary/aromatic N) is 6. The van der Waals surface area contributed by atoms with Crippen molar-refractivity contribution in [3.05, 3.63) is 70.5 Å². The van der Waals surface area contributed by atoms with Gasteiger partial charge in [0.15, 0.2) is 5.82 Å². The molecule has 3 heterocycles. The van der Waals surface area contributed by atoms with Gasteiger partial charge in [-0.2, -0.15) is 0 Å². The van der Waals surface area contributed by atoms with Crippen LogP contribution in [-0.4, -0.2) is 58.6 Å². The fraction of sp³-hybridized carbons (Fsp3) is 0.286. The zero-order valence-electron chi connectivity index (χ0n) is 15.7. The summed E-state index contributed by atoms with van der Waals surface area (Å²) in [6.45, 7) is 4.38. The van der Waals surface area contributed by atoms with E-state index < -0.39 is 0 Å². The SMILES string of the molecule is CN1CCN(c2nnc3n2-c2ccc(Cl)cc2C(c2ccccc2)=NC3)CC1. The van der Waals surface area contributed by atoms with Crippen molar-refractivity contribution in [2.24, 2.45) is 4.99 Å². The van der Waals surface area contributed by atoms with E-state index in [9.17, 15) is 0 Å². The quantitative estimate of drug-likeness (QED) is 0.672. The molecule has 6 nitrogen and oxygen atoms in total. The topological polar surface area (TPSA) is 49.6 Å². The second-order valence-electron chi connectivity index (χ2n) is 7.23. The van der Waals surface area contributed by atoms with Gasteiger partial charge in [-0.1, -0.05) is 41.9 Å². The molecule has 142 valence electrons. The predicted octanol–water partition coefficient (Wildman–Crippen LogP) is 3.02. The third kappa shape index (κ3) is 2.99. The lowest BCUT2D eigenvalue weighted by Gasteiger charge is -2.33. The van der Waals surface area contributed by atoms with Crippen LogP contribution in [0.4, 0.5) is 5.95 Å². The van der Waals surface area contributed by atoms with Crippen molar-refractivity contribution in [2.75, 3.05) is 38.1 Å². The smallest absolute Gasteiger partial charge is 0.232 e. The number of hydrogen-bond donors (Lipinski definition) is 0. The molecular weight excluding hydrogens is 372 g/mol. The van der Waals surface area contributed by atoms with Gasteiger partial charge in [0.1, 0.15) is 6.54 Å². The van der Waals surface area contributed by atoms with Gasteiger partial charge in [0, 0.05) is 42.3 Å². The van der Waals surface area contributed by atoms with Crippen LogP contribution in [0.5, 0.6) is 0 Å². The molecule has 0 unspecified atom stereocenters. The second kappa shape index (κ2) is 7.04. The average Bonchev–Trinajstić information content (AvgIpc) is 3.06. The molecule has 2 aliphatic rings. The van der Waals surface area contributed by atoms with Crippen LogP contribution in [0, 0.1) is 0 Å². The van der Waals surface area contributed by atoms with Crippen LogP contribution < -0.4 is 4.90 Å². The van der Waals surface area contributed by atoms with Crippen LogP contribution >= 0.6 is 11.6 Å². The van der Waals surface area contributed by atoms with Crippen molar-refractivity contribution < 1.29 is 0 Å². The Morgan fingerprint density at radius 3 is 2.50 bits per heavy atom. The van der Waals surface area contributed by atoms with E-state index in [-0.39, 0.29) is 0 Å². The molecule has 1 aromatic heterocycles. The highest BCUT2D eigenvalue weighted by molar-refractivity contribution is 6.31. The number of hydrogen-bond acceptors (Lipinski definition) is 5. The predicted molar refractivity (Wildman–Crippen MR) is 112 cm³/mol. The van der Waals surface area contributed by atoms with Crippen LogP contribution in [0.3, 0.4) is 0 Å². The molecule has 5 rings (SSSR count). The van der Waals surface area contributed by atoms with Crippen molar-refractivity contribution >= 4 is 23.3 Å². The first kappa shape index (κ1) is 17.4. The lowest BCUT2D eigenvalue weighted by Crippen LogP contribution is -2.45. The molecule has 1 saturated heterocycles. The molecule has 2 aliphatic heterocycles. The molecule has 3 aromatic rings. The minimum absolute atomic E-state index is 0.483. The number of aliphatic imine (C=N–C) groups is 1. The lowest BCUT2D eigenvalue weighted by molar-refractivity contribution is 0.310. The number of likely N-dealkylation sites (N-methyl/N-ethyl adjacent to an activating group) is 1. The van der Waals surface area contributed by atoms with Crippen LogP contribution in [-0.2, 0) is 6.54 Å². The molecular formula is C21H21ClN6. The molecule has 0 N–H and O–H groups in total. The summed E-state index contributed by atoms with van der Waals surface area (Å²) >= 11 is 6.38. The summed E-state index contributed by atoms with van der Waals surface area (Å²) in [6.07, 6.45) is 0. The van der Waals surface area contributed by atoms with E-state index in [0.29, 0.717) is 11.6 Å². The van der Waals surface area contributed by atoms with E-state index in [2.05, 4.69) is 43.7 Å². The number of benzene rings is 2. The van der Waals surface area contributed by atoms with Crippen LogP contribution in [0.15, 0.2) is 53.5 Å². The molecule has 28 heavy (non-hydrogen) atoms. The summed E-state index contributed by atoms with van der Waals surface area (Å²) in [4.78, 5) is 9.54. The van der Waals surface area contributed by atoms with Crippen LogP contribution in [0.25, 0.3) is 5.69 Å². The third-order valence-electron chi connectivity index (χ3n) is 5.38. The Morgan fingerprint density at radius 2 is 1.71 bits per heavy atom. The zero-order valence-corrected chi connectivity index (χ0v) is 16.5.